The fourth-order valence-corrected chi connectivity index (χ4v) is 4.01. The van der Waals surface area contributed by atoms with Gasteiger partial charge in [0, 0.05) is 0 Å². The highest BCUT2D eigenvalue weighted by molar-refractivity contribution is 5.77. The van der Waals surface area contributed by atoms with Crippen molar-refractivity contribution in [1.29, 1.82) is 0 Å². The van der Waals surface area contributed by atoms with Crippen molar-refractivity contribution in [2.45, 2.75) is 117 Å². The number of aryl methyl sites for hydroxylation is 1. The van der Waals surface area contributed by atoms with Crippen molar-refractivity contribution < 1.29 is 9.15 Å². The third kappa shape index (κ3) is 10.3. The Morgan fingerprint density at radius 1 is 0.774 bits per heavy atom. The van der Waals surface area contributed by atoms with Gasteiger partial charge in [0.2, 0.25) is 0 Å². The first-order valence-electron chi connectivity index (χ1n) is 12.8. The standard InChI is InChI=1S/C27H43NO3/c1-3-5-6-7-8-9-10-11-12-13-14-15-16-17-18-21-30-27-28-25-20-19-23(4-2)22-24(25)26(29)31-27/h19-20,22H,3-18,21H2,1-2H3. The van der Waals surface area contributed by atoms with Crippen molar-refractivity contribution >= 4 is 10.9 Å². The lowest BCUT2D eigenvalue weighted by molar-refractivity contribution is 0.211. The summed E-state index contributed by atoms with van der Waals surface area (Å²) in [4.78, 5) is 16.5. The van der Waals surface area contributed by atoms with Gasteiger partial charge in [-0.25, -0.2) is 4.79 Å². The van der Waals surface area contributed by atoms with E-state index in [1.54, 1.807) is 0 Å². The molecule has 0 N–H and O–H groups in total. The lowest BCUT2D eigenvalue weighted by Gasteiger charge is -2.05. The molecule has 0 bridgehead atoms. The highest BCUT2D eigenvalue weighted by Gasteiger charge is 2.08. The van der Waals surface area contributed by atoms with E-state index in [1.165, 1.54) is 83.5 Å². The molecule has 0 amide bonds. The molecule has 0 saturated carbocycles. The summed E-state index contributed by atoms with van der Waals surface area (Å²) >= 11 is 0. The van der Waals surface area contributed by atoms with Crippen LogP contribution < -0.4 is 10.4 Å². The van der Waals surface area contributed by atoms with Gasteiger partial charge in [0.05, 0.1) is 17.5 Å². The summed E-state index contributed by atoms with van der Waals surface area (Å²) in [6, 6.07) is 5.71. The molecule has 0 atom stereocenters. The van der Waals surface area contributed by atoms with E-state index in [0.717, 1.165) is 24.8 Å². The number of hydrogen-bond donors (Lipinski definition) is 0. The second-order valence-electron chi connectivity index (χ2n) is 8.77. The molecule has 0 spiro atoms. The zero-order chi connectivity index (χ0) is 22.2. The van der Waals surface area contributed by atoms with Gasteiger partial charge in [0.15, 0.2) is 0 Å². The number of aromatic nitrogens is 1. The fraction of sp³-hybridized carbons (Fsp3) is 0.704. The number of nitrogens with zero attached hydrogens (tertiary/aromatic N) is 1. The first-order valence-corrected chi connectivity index (χ1v) is 12.8. The van der Waals surface area contributed by atoms with Crippen molar-refractivity contribution in [3.05, 3.63) is 34.2 Å². The van der Waals surface area contributed by atoms with E-state index in [9.17, 15) is 4.79 Å². The van der Waals surface area contributed by atoms with Crippen molar-refractivity contribution in [2.24, 2.45) is 0 Å². The van der Waals surface area contributed by atoms with E-state index in [2.05, 4.69) is 18.8 Å². The maximum Gasteiger partial charge on any atom is 0.397 e. The Bertz CT molecular complexity index is 784. The van der Waals surface area contributed by atoms with Crippen LogP contribution in [0.5, 0.6) is 6.08 Å². The Morgan fingerprint density at radius 2 is 1.32 bits per heavy atom. The van der Waals surface area contributed by atoms with Crippen LogP contribution in [0.3, 0.4) is 0 Å². The first-order chi connectivity index (χ1) is 15.2. The summed E-state index contributed by atoms with van der Waals surface area (Å²) in [6.07, 6.45) is 21.0. The monoisotopic (exact) mass is 429 g/mol. The van der Waals surface area contributed by atoms with E-state index in [1.807, 2.05) is 18.2 Å². The van der Waals surface area contributed by atoms with Crippen LogP contribution >= 0.6 is 0 Å². The van der Waals surface area contributed by atoms with E-state index >= 15 is 0 Å². The molecule has 174 valence electrons. The van der Waals surface area contributed by atoms with Crippen LogP contribution in [0.15, 0.2) is 27.4 Å². The summed E-state index contributed by atoms with van der Waals surface area (Å²) in [5.41, 5.74) is 1.37. The van der Waals surface area contributed by atoms with Crippen LogP contribution in [-0.4, -0.2) is 11.6 Å². The molecule has 2 rings (SSSR count). The molecular weight excluding hydrogens is 386 g/mol. The summed E-state index contributed by atoms with van der Waals surface area (Å²) in [7, 11) is 0. The number of fused-ring (bicyclic) bond motifs is 1. The molecule has 0 aliphatic carbocycles. The van der Waals surface area contributed by atoms with Crippen molar-refractivity contribution in [2.75, 3.05) is 6.61 Å². The van der Waals surface area contributed by atoms with Crippen LogP contribution in [0.2, 0.25) is 0 Å². The number of rotatable bonds is 18. The van der Waals surface area contributed by atoms with Gasteiger partial charge in [-0.15, -0.1) is 0 Å². The molecule has 0 radical (unpaired) electrons. The van der Waals surface area contributed by atoms with E-state index in [4.69, 9.17) is 9.15 Å². The molecule has 0 aliphatic rings. The molecule has 31 heavy (non-hydrogen) atoms. The van der Waals surface area contributed by atoms with Gasteiger partial charge in [0.25, 0.3) is 0 Å². The van der Waals surface area contributed by atoms with Crippen LogP contribution in [0, 0.1) is 0 Å². The molecule has 0 aliphatic heterocycles. The summed E-state index contributed by atoms with van der Waals surface area (Å²) < 4.78 is 10.8. The van der Waals surface area contributed by atoms with Crippen LogP contribution in [0.1, 0.15) is 116 Å². The van der Waals surface area contributed by atoms with E-state index < -0.39 is 0 Å². The van der Waals surface area contributed by atoms with Gasteiger partial charge >= 0.3 is 11.7 Å². The Balaban J connectivity index is 1.46. The predicted molar refractivity (Wildman–Crippen MR) is 130 cm³/mol. The van der Waals surface area contributed by atoms with Crippen molar-refractivity contribution in [3.63, 3.8) is 0 Å². The minimum atomic E-state index is -0.369. The maximum atomic E-state index is 12.2. The first kappa shape index (κ1) is 25.4. The quantitative estimate of drug-likeness (QED) is 0.225. The topological polar surface area (TPSA) is 52.3 Å². The molecule has 2 aromatic rings. The highest BCUT2D eigenvalue weighted by Crippen LogP contribution is 2.16. The lowest BCUT2D eigenvalue weighted by Crippen LogP contribution is -2.06. The van der Waals surface area contributed by atoms with Crippen molar-refractivity contribution in [3.8, 4) is 6.08 Å². The maximum absolute atomic E-state index is 12.2. The number of ether oxygens (including phenoxy) is 1. The van der Waals surface area contributed by atoms with Crippen LogP contribution in [-0.2, 0) is 6.42 Å². The molecule has 1 aromatic carbocycles. The third-order valence-electron chi connectivity index (χ3n) is 6.05. The molecule has 0 saturated heterocycles. The number of unbranched alkanes of at least 4 members (excludes halogenated alkanes) is 14. The van der Waals surface area contributed by atoms with Gasteiger partial charge in [-0.1, -0.05) is 110 Å². The van der Waals surface area contributed by atoms with E-state index in [0.29, 0.717) is 17.5 Å². The molecular formula is C27H43NO3. The molecule has 1 heterocycles. The van der Waals surface area contributed by atoms with Gasteiger partial charge in [-0.3, -0.25) is 0 Å². The largest absolute Gasteiger partial charge is 0.450 e. The van der Waals surface area contributed by atoms with E-state index in [-0.39, 0.29) is 11.7 Å². The third-order valence-corrected chi connectivity index (χ3v) is 6.05. The van der Waals surface area contributed by atoms with Gasteiger partial charge in [0.1, 0.15) is 0 Å². The summed E-state index contributed by atoms with van der Waals surface area (Å²) in [5.74, 6) is 0. The Labute approximate surface area is 188 Å². The normalized spacial score (nSPS) is 11.3. The zero-order valence-electron chi connectivity index (χ0n) is 19.9. The van der Waals surface area contributed by atoms with Crippen molar-refractivity contribution in [1.82, 2.24) is 4.98 Å². The lowest BCUT2D eigenvalue weighted by atomic mass is 10.0. The Kier molecular flexibility index (Phi) is 13.0. The summed E-state index contributed by atoms with van der Waals surface area (Å²) in [5, 5.41) is 0.527. The Morgan fingerprint density at radius 3 is 1.87 bits per heavy atom. The molecule has 0 unspecified atom stereocenters. The van der Waals surface area contributed by atoms with Crippen LogP contribution in [0.4, 0.5) is 0 Å². The molecule has 0 fully saturated rings. The van der Waals surface area contributed by atoms with Gasteiger partial charge in [-0.05, 0) is 30.5 Å². The highest BCUT2D eigenvalue weighted by atomic mass is 16.6. The SMILES string of the molecule is CCCCCCCCCCCCCCCCCOc1nc2ccc(CC)cc2c(=O)o1. The van der Waals surface area contributed by atoms with Gasteiger partial charge in [-0.2, -0.15) is 4.98 Å². The predicted octanol–water partition coefficient (Wildman–Crippen LogP) is 8.00. The average Bonchev–Trinajstić information content (AvgIpc) is 2.78. The second kappa shape index (κ2) is 15.9. The van der Waals surface area contributed by atoms with Crippen LogP contribution in [0.25, 0.3) is 10.9 Å². The second-order valence-corrected chi connectivity index (χ2v) is 8.77. The zero-order valence-corrected chi connectivity index (χ0v) is 19.9. The Hall–Kier alpha value is -1.84. The molecule has 4 nitrogen and oxygen atoms in total. The minimum absolute atomic E-state index is 0.0899. The fourth-order valence-electron chi connectivity index (χ4n) is 4.01. The average molecular weight is 430 g/mol. The summed E-state index contributed by atoms with van der Waals surface area (Å²) in [6.45, 7) is 4.89. The van der Waals surface area contributed by atoms with Gasteiger partial charge < -0.3 is 9.15 Å². The minimum Gasteiger partial charge on any atom is -0.450 e. The number of benzene rings is 1. The smallest absolute Gasteiger partial charge is 0.397 e. The molecule has 4 heteroatoms. The molecule has 1 aromatic heterocycles. The number of hydrogen-bond acceptors (Lipinski definition) is 4.